The molecule has 2 rings (SSSR count). The maximum atomic E-state index is 13.7. The van der Waals surface area contributed by atoms with Gasteiger partial charge in [-0.15, -0.1) is 0 Å². The molecule has 0 saturated carbocycles. The lowest BCUT2D eigenvalue weighted by Gasteiger charge is -2.17. The van der Waals surface area contributed by atoms with E-state index in [-0.39, 0.29) is 23.3 Å². The lowest BCUT2D eigenvalue weighted by atomic mass is 10.2. The number of carbonyl (C=O) groups excluding carboxylic acids is 1. The van der Waals surface area contributed by atoms with Gasteiger partial charge in [-0.1, -0.05) is 0 Å². The van der Waals surface area contributed by atoms with Gasteiger partial charge in [0.05, 0.1) is 16.7 Å². The molecule has 1 heterocycles. The highest BCUT2D eigenvalue weighted by molar-refractivity contribution is 5.99. The van der Waals surface area contributed by atoms with E-state index >= 15 is 0 Å². The summed E-state index contributed by atoms with van der Waals surface area (Å²) in [6.07, 6.45) is 0.553. The molecule has 1 saturated heterocycles. The van der Waals surface area contributed by atoms with Gasteiger partial charge in [-0.2, -0.15) is 0 Å². The lowest BCUT2D eigenvalue weighted by Crippen LogP contribution is -2.36. The van der Waals surface area contributed by atoms with Crippen LogP contribution in [0.1, 0.15) is 6.42 Å². The maximum Gasteiger partial charge on any atom is 0.271 e. The number of amides is 1. The Bertz CT molecular complexity index is 506. The Kier molecular flexibility index (Phi) is 3.24. The summed E-state index contributed by atoms with van der Waals surface area (Å²) in [7, 11) is 1.65. The molecular weight excluding hydrogens is 241 g/mol. The van der Waals surface area contributed by atoms with Gasteiger partial charge < -0.3 is 10.2 Å². The number of hydrogen-bond donors (Lipinski definition) is 1. The fourth-order valence-corrected chi connectivity index (χ4v) is 2.01. The number of anilines is 1. The molecule has 1 aromatic carbocycles. The molecule has 1 unspecified atom stereocenters. The Labute approximate surface area is 103 Å². The van der Waals surface area contributed by atoms with Crippen molar-refractivity contribution in [2.75, 3.05) is 18.5 Å². The molecule has 0 aromatic heterocycles. The zero-order chi connectivity index (χ0) is 13.3. The third-order valence-electron chi connectivity index (χ3n) is 2.99. The fourth-order valence-electron chi connectivity index (χ4n) is 2.01. The molecule has 6 nitrogen and oxygen atoms in total. The van der Waals surface area contributed by atoms with Crippen LogP contribution in [0.2, 0.25) is 0 Å². The number of hydrogen-bond acceptors (Lipinski definition) is 4. The topological polar surface area (TPSA) is 75.5 Å². The highest BCUT2D eigenvalue weighted by Crippen LogP contribution is 2.28. The largest absolute Gasteiger partial charge is 0.309 e. The molecule has 0 radical (unpaired) electrons. The molecule has 0 bridgehead atoms. The zero-order valence-corrected chi connectivity index (χ0v) is 9.72. The van der Waals surface area contributed by atoms with E-state index in [9.17, 15) is 19.3 Å². The van der Waals surface area contributed by atoms with Crippen LogP contribution in [0, 0.1) is 15.9 Å². The van der Waals surface area contributed by atoms with Gasteiger partial charge in [-0.25, -0.2) is 4.39 Å². The number of carbonyl (C=O) groups is 1. The standard InChI is InChI=1S/C11H12FN3O3/c1-13-9-4-5-14(11(9)16)10-6-7(15(17)18)2-3-8(10)12/h2-3,6,9,13H,4-5H2,1H3. The fraction of sp³-hybridized carbons (Fsp3) is 0.364. The second-order valence-corrected chi connectivity index (χ2v) is 4.01. The number of nitrogens with one attached hydrogen (secondary N) is 1. The van der Waals surface area contributed by atoms with Crippen molar-refractivity contribution in [2.45, 2.75) is 12.5 Å². The van der Waals surface area contributed by atoms with Crippen LogP contribution in [0.4, 0.5) is 15.8 Å². The summed E-state index contributed by atoms with van der Waals surface area (Å²) < 4.78 is 13.7. The molecule has 1 amide bonds. The molecule has 1 aliphatic rings. The summed E-state index contributed by atoms with van der Waals surface area (Å²) in [5.74, 6) is -0.900. The minimum absolute atomic E-state index is 0.0352. The van der Waals surface area contributed by atoms with E-state index in [2.05, 4.69) is 5.32 Å². The number of benzene rings is 1. The van der Waals surface area contributed by atoms with Gasteiger partial charge in [-0.3, -0.25) is 14.9 Å². The van der Waals surface area contributed by atoms with Crippen LogP contribution >= 0.6 is 0 Å². The quantitative estimate of drug-likeness (QED) is 0.645. The van der Waals surface area contributed by atoms with E-state index in [1.54, 1.807) is 7.05 Å². The van der Waals surface area contributed by atoms with Crippen molar-refractivity contribution in [1.29, 1.82) is 0 Å². The Hall–Kier alpha value is -2.02. The maximum absolute atomic E-state index is 13.7. The zero-order valence-electron chi connectivity index (χ0n) is 9.72. The predicted octanol–water partition coefficient (Wildman–Crippen LogP) is 1.06. The van der Waals surface area contributed by atoms with Crippen LogP contribution in [0.25, 0.3) is 0 Å². The van der Waals surface area contributed by atoms with Crippen molar-refractivity contribution in [3.63, 3.8) is 0 Å². The first kappa shape index (κ1) is 12.4. The lowest BCUT2D eigenvalue weighted by molar-refractivity contribution is -0.384. The van der Waals surface area contributed by atoms with E-state index in [1.807, 2.05) is 0 Å². The third-order valence-corrected chi connectivity index (χ3v) is 2.99. The Morgan fingerprint density at radius 2 is 2.28 bits per heavy atom. The molecule has 18 heavy (non-hydrogen) atoms. The Morgan fingerprint density at radius 3 is 2.83 bits per heavy atom. The van der Waals surface area contributed by atoms with E-state index in [0.717, 1.165) is 18.2 Å². The predicted molar refractivity (Wildman–Crippen MR) is 62.9 cm³/mol. The van der Waals surface area contributed by atoms with Crippen molar-refractivity contribution < 1.29 is 14.1 Å². The minimum atomic E-state index is -0.634. The van der Waals surface area contributed by atoms with Crippen LogP contribution in [-0.4, -0.2) is 30.5 Å². The van der Waals surface area contributed by atoms with Crippen molar-refractivity contribution >= 4 is 17.3 Å². The Balaban J connectivity index is 2.36. The van der Waals surface area contributed by atoms with Crippen LogP contribution in [-0.2, 0) is 4.79 Å². The first-order valence-electron chi connectivity index (χ1n) is 5.47. The van der Waals surface area contributed by atoms with Crippen molar-refractivity contribution in [3.05, 3.63) is 34.1 Å². The van der Waals surface area contributed by atoms with Gasteiger partial charge in [0.1, 0.15) is 5.82 Å². The number of non-ortho nitro benzene ring substituents is 1. The molecule has 0 spiro atoms. The van der Waals surface area contributed by atoms with E-state index in [0.29, 0.717) is 13.0 Å². The number of halogens is 1. The normalized spacial score (nSPS) is 19.3. The Morgan fingerprint density at radius 1 is 1.56 bits per heavy atom. The smallest absolute Gasteiger partial charge is 0.271 e. The van der Waals surface area contributed by atoms with Crippen molar-refractivity contribution in [2.24, 2.45) is 0 Å². The van der Waals surface area contributed by atoms with E-state index < -0.39 is 10.7 Å². The third kappa shape index (κ3) is 2.04. The highest BCUT2D eigenvalue weighted by atomic mass is 19.1. The minimum Gasteiger partial charge on any atom is -0.309 e. The molecule has 1 atom stereocenters. The van der Waals surface area contributed by atoms with Gasteiger partial charge in [0, 0.05) is 18.7 Å². The first-order valence-corrected chi connectivity index (χ1v) is 5.47. The van der Waals surface area contributed by atoms with E-state index in [1.165, 1.54) is 4.90 Å². The summed E-state index contributed by atoms with van der Waals surface area (Å²) in [5, 5.41) is 13.5. The number of nitro groups is 1. The number of nitro benzene ring substituents is 1. The molecule has 1 aliphatic heterocycles. The molecule has 0 aliphatic carbocycles. The van der Waals surface area contributed by atoms with E-state index in [4.69, 9.17) is 0 Å². The van der Waals surface area contributed by atoms with Gasteiger partial charge in [0.25, 0.3) is 5.69 Å². The van der Waals surface area contributed by atoms with Gasteiger partial charge in [-0.05, 0) is 19.5 Å². The number of rotatable bonds is 3. The van der Waals surface area contributed by atoms with Gasteiger partial charge in [0.2, 0.25) is 5.91 Å². The first-order chi connectivity index (χ1) is 8.54. The van der Waals surface area contributed by atoms with Crippen LogP contribution in [0.5, 0.6) is 0 Å². The molecule has 96 valence electrons. The molecule has 1 fully saturated rings. The van der Waals surface area contributed by atoms with Gasteiger partial charge >= 0.3 is 0 Å². The summed E-state index contributed by atoms with van der Waals surface area (Å²) in [4.78, 5) is 23.2. The second kappa shape index (κ2) is 4.69. The average molecular weight is 253 g/mol. The number of nitrogens with zero attached hydrogens (tertiary/aromatic N) is 2. The summed E-state index contributed by atoms with van der Waals surface area (Å²) in [6.45, 7) is 0.350. The molecule has 1 aromatic rings. The second-order valence-electron chi connectivity index (χ2n) is 4.01. The highest BCUT2D eigenvalue weighted by Gasteiger charge is 2.33. The summed E-state index contributed by atoms with van der Waals surface area (Å²) in [5.41, 5.74) is -0.265. The molecular formula is C11H12FN3O3. The average Bonchev–Trinajstić information content (AvgIpc) is 2.70. The molecule has 1 N–H and O–H groups in total. The van der Waals surface area contributed by atoms with Crippen LogP contribution in [0.15, 0.2) is 18.2 Å². The summed E-state index contributed by atoms with van der Waals surface area (Å²) in [6, 6.07) is 2.82. The SMILES string of the molecule is CNC1CCN(c2cc([N+](=O)[O-])ccc2F)C1=O. The van der Waals surface area contributed by atoms with Crippen LogP contribution < -0.4 is 10.2 Å². The van der Waals surface area contributed by atoms with Gasteiger partial charge in [0.15, 0.2) is 0 Å². The van der Waals surface area contributed by atoms with Crippen LogP contribution in [0.3, 0.4) is 0 Å². The summed E-state index contributed by atoms with van der Waals surface area (Å²) >= 11 is 0. The monoisotopic (exact) mass is 253 g/mol. The van der Waals surface area contributed by atoms with Crippen molar-refractivity contribution in [3.8, 4) is 0 Å². The molecule has 7 heteroatoms. The van der Waals surface area contributed by atoms with Crippen molar-refractivity contribution in [1.82, 2.24) is 5.32 Å². The number of likely N-dealkylation sites (N-methyl/N-ethyl adjacent to an activating group) is 1.